The summed E-state index contributed by atoms with van der Waals surface area (Å²) in [5.41, 5.74) is 6.59. The highest BCUT2D eigenvalue weighted by Crippen LogP contribution is 2.19. The number of nitrogens with two attached hydrogens (primary N) is 1. The second kappa shape index (κ2) is 2.95. The van der Waals surface area contributed by atoms with Crippen LogP contribution in [0.3, 0.4) is 0 Å². The molecule has 14 heavy (non-hydrogen) atoms. The maximum absolute atomic E-state index is 11.4. The zero-order valence-corrected chi connectivity index (χ0v) is 8.14. The highest BCUT2D eigenvalue weighted by molar-refractivity contribution is 5.88. The summed E-state index contributed by atoms with van der Waals surface area (Å²) >= 11 is 0. The number of aromatic nitrogens is 1. The summed E-state index contributed by atoms with van der Waals surface area (Å²) in [5, 5.41) is 0. The van der Waals surface area contributed by atoms with Crippen molar-refractivity contribution < 1.29 is 0 Å². The Hall–Kier alpha value is -1.62. The van der Waals surface area contributed by atoms with E-state index in [1.165, 1.54) is 6.07 Å². The summed E-state index contributed by atoms with van der Waals surface area (Å²) in [7, 11) is 3.54. The van der Waals surface area contributed by atoms with Gasteiger partial charge in [0.15, 0.2) is 6.29 Å². The summed E-state index contributed by atoms with van der Waals surface area (Å²) in [5.74, 6) is 0.806. The number of hydrogen-bond donors (Lipinski definition) is 1. The molecule has 1 aliphatic rings. The maximum Gasteiger partial charge on any atom is 0.251 e. The summed E-state index contributed by atoms with van der Waals surface area (Å²) in [6, 6.07) is 3.28. The maximum atomic E-state index is 11.4. The molecule has 0 aliphatic carbocycles. The van der Waals surface area contributed by atoms with Gasteiger partial charge in [0.05, 0.1) is 0 Å². The predicted octanol–water partition coefficient (Wildman–Crippen LogP) is -0.504. The van der Waals surface area contributed by atoms with E-state index in [0.29, 0.717) is 0 Å². The van der Waals surface area contributed by atoms with Gasteiger partial charge in [0.1, 0.15) is 5.82 Å². The third-order valence-corrected chi connectivity index (χ3v) is 2.41. The first kappa shape index (κ1) is 8.96. The van der Waals surface area contributed by atoms with E-state index in [1.54, 1.807) is 28.8 Å². The SMILES string of the molecule is CN1c2c(ccc(=O)n2C)C=NC1N. The van der Waals surface area contributed by atoms with Crippen molar-refractivity contribution in [1.29, 1.82) is 0 Å². The van der Waals surface area contributed by atoms with Crippen LogP contribution in [0.2, 0.25) is 0 Å². The van der Waals surface area contributed by atoms with Gasteiger partial charge in [-0.2, -0.15) is 0 Å². The molecule has 0 aromatic carbocycles. The minimum atomic E-state index is -0.407. The summed E-state index contributed by atoms with van der Waals surface area (Å²) < 4.78 is 1.57. The lowest BCUT2D eigenvalue weighted by Crippen LogP contribution is -2.43. The molecule has 1 aromatic rings. The van der Waals surface area contributed by atoms with Crippen molar-refractivity contribution in [3.05, 3.63) is 28.0 Å². The lowest BCUT2D eigenvalue weighted by molar-refractivity contribution is 0.652. The van der Waals surface area contributed by atoms with Crippen molar-refractivity contribution in [1.82, 2.24) is 4.57 Å². The normalized spacial score (nSPS) is 19.6. The van der Waals surface area contributed by atoms with Crippen molar-refractivity contribution in [3.8, 4) is 0 Å². The van der Waals surface area contributed by atoms with Crippen LogP contribution in [0.4, 0.5) is 5.82 Å². The summed E-state index contributed by atoms with van der Waals surface area (Å²) in [4.78, 5) is 17.3. The fraction of sp³-hybridized carbons (Fsp3) is 0.333. The number of hydrogen-bond acceptors (Lipinski definition) is 4. The van der Waals surface area contributed by atoms with Crippen LogP contribution < -0.4 is 16.2 Å². The van der Waals surface area contributed by atoms with Gasteiger partial charge in [-0.3, -0.25) is 20.1 Å². The van der Waals surface area contributed by atoms with Crippen molar-refractivity contribution in [2.75, 3.05) is 11.9 Å². The van der Waals surface area contributed by atoms with Gasteiger partial charge in [0, 0.05) is 31.9 Å². The Labute approximate surface area is 81.5 Å². The minimum Gasteiger partial charge on any atom is -0.326 e. The van der Waals surface area contributed by atoms with Gasteiger partial charge in [0.2, 0.25) is 0 Å². The van der Waals surface area contributed by atoms with Crippen LogP contribution in [0.15, 0.2) is 21.9 Å². The van der Waals surface area contributed by atoms with Crippen molar-refractivity contribution in [3.63, 3.8) is 0 Å². The molecule has 2 rings (SSSR count). The summed E-state index contributed by atoms with van der Waals surface area (Å²) in [6.07, 6.45) is 1.29. The van der Waals surface area contributed by atoms with Gasteiger partial charge in [-0.1, -0.05) is 0 Å². The molecule has 1 aromatic heterocycles. The molecule has 0 fully saturated rings. The topological polar surface area (TPSA) is 63.6 Å². The van der Waals surface area contributed by atoms with Gasteiger partial charge >= 0.3 is 0 Å². The van der Waals surface area contributed by atoms with Crippen LogP contribution >= 0.6 is 0 Å². The molecule has 0 saturated heterocycles. The first-order valence-electron chi connectivity index (χ1n) is 4.33. The Bertz CT molecular complexity index is 449. The molecular weight excluding hydrogens is 180 g/mol. The molecule has 0 amide bonds. The van der Waals surface area contributed by atoms with Gasteiger partial charge in [0.25, 0.3) is 5.56 Å². The lowest BCUT2D eigenvalue weighted by atomic mass is 10.2. The van der Waals surface area contributed by atoms with Crippen molar-refractivity contribution >= 4 is 12.0 Å². The van der Waals surface area contributed by atoms with E-state index in [9.17, 15) is 4.79 Å². The fourth-order valence-corrected chi connectivity index (χ4v) is 1.57. The van der Waals surface area contributed by atoms with Crippen molar-refractivity contribution in [2.24, 2.45) is 17.8 Å². The van der Waals surface area contributed by atoms with E-state index in [1.807, 2.05) is 7.05 Å². The third kappa shape index (κ3) is 1.13. The molecule has 5 nitrogen and oxygen atoms in total. The molecular formula is C9H12N4O. The van der Waals surface area contributed by atoms with E-state index in [2.05, 4.69) is 4.99 Å². The molecule has 5 heteroatoms. The number of pyridine rings is 1. The van der Waals surface area contributed by atoms with Crippen LogP contribution in [0, 0.1) is 0 Å². The highest BCUT2D eigenvalue weighted by Gasteiger charge is 2.19. The molecule has 0 radical (unpaired) electrons. The lowest BCUT2D eigenvalue weighted by Gasteiger charge is -2.29. The molecule has 1 unspecified atom stereocenters. The van der Waals surface area contributed by atoms with E-state index in [0.717, 1.165) is 11.4 Å². The minimum absolute atomic E-state index is 0.0434. The van der Waals surface area contributed by atoms with Crippen molar-refractivity contribution in [2.45, 2.75) is 6.29 Å². The number of aliphatic imine (C=N–C) groups is 1. The van der Waals surface area contributed by atoms with Crippen LogP contribution in [0.25, 0.3) is 0 Å². The smallest absolute Gasteiger partial charge is 0.251 e. The molecule has 0 spiro atoms. The number of rotatable bonds is 0. The van der Waals surface area contributed by atoms with Gasteiger partial charge in [-0.15, -0.1) is 0 Å². The Kier molecular flexibility index (Phi) is 1.89. The van der Waals surface area contributed by atoms with Gasteiger partial charge < -0.3 is 4.90 Å². The van der Waals surface area contributed by atoms with Crippen LogP contribution in [-0.2, 0) is 7.05 Å². The molecule has 0 saturated carbocycles. The Morgan fingerprint density at radius 3 is 2.86 bits per heavy atom. The van der Waals surface area contributed by atoms with Crippen LogP contribution in [0.1, 0.15) is 5.56 Å². The molecule has 74 valence electrons. The molecule has 2 heterocycles. The second-order valence-corrected chi connectivity index (χ2v) is 3.31. The van der Waals surface area contributed by atoms with E-state index in [4.69, 9.17) is 5.73 Å². The van der Waals surface area contributed by atoms with Gasteiger partial charge in [-0.25, -0.2) is 0 Å². The number of anilines is 1. The number of fused-ring (bicyclic) bond motifs is 1. The number of nitrogens with zero attached hydrogens (tertiary/aromatic N) is 3. The van der Waals surface area contributed by atoms with E-state index < -0.39 is 6.29 Å². The zero-order chi connectivity index (χ0) is 10.3. The molecule has 1 atom stereocenters. The average molecular weight is 192 g/mol. The first-order chi connectivity index (χ1) is 6.61. The standard InChI is InChI=1S/C9H12N4O/c1-12-7(14)4-3-6-5-11-9(10)13(2)8(6)12/h3-5,9H,10H2,1-2H3. The third-order valence-electron chi connectivity index (χ3n) is 2.41. The average Bonchev–Trinajstić information content (AvgIpc) is 2.17. The Balaban J connectivity index is 2.70. The summed E-state index contributed by atoms with van der Waals surface area (Å²) in [6.45, 7) is 0. The monoisotopic (exact) mass is 192 g/mol. The van der Waals surface area contributed by atoms with Crippen LogP contribution in [0.5, 0.6) is 0 Å². The van der Waals surface area contributed by atoms with E-state index >= 15 is 0 Å². The largest absolute Gasteiger partial charge is 0.326 e. The first-order valence-corrected chi connectivity index (χ1v) is 4.33. The molecule has 0 bridgehead atoms. The quantitative estimate of drug-likeness (QED) is 0.602. The Morgan fingerprint density at radius 2 is 2.14 bits per heavy atom. The van der Waals surface area contributed by atoms with Gasteiger partial charge in [-0.05, 0) is 6.07 Å². The zero-order valence-electron chi connectivity index (χ0n) is 8.14. The van der Waals surface area contributed by atoms with E-state index in [-0.39, 0.29) is 5.56 Å². The fourth-order valence-electron chi connectivity index (χ4n) is 1.57. The molecule has 1 aliphatic heterocycles. The molecule has 2 N–H and O–H groups in total. The Morgan fingerprint density at radius 1 is 1.43 bits per heavy atom. The predicted molar refractivity (Wildman–Crippen MR) is 55.7 cm³/mol. The van der Waals surface area contributed by atoms with Crippen LogP contribution in [-0.4, -0.2) is 24.1 Å². The highest BCUT2D eigenvalue weighted by atomic mass is 16.1. The second-order valence-electron chi connectivity index (χ2n) is 3.31.